The van der Waals surface area contributed by atoms with Crippen LogP contribution in [0.2, 0.25) is 0 Å². The third-order valence-electron chi connectivity index (χ3n) is 5.34. The second-order valence-electron chi connectivity index (χ2n) is 6.65. The number of rotatable bonds is 5. The average molecular weight is 265 g/mol. The number of hydrogen-bond donors (Lipinski definition) is 1. The van der Waals surface area contributed by atoms with Gasteiger partial charge in [0, 0.05) is 6.04 Å². The minimum absolute atomic E-state index is 0.143. The van der Waals surface area contributed by atoms with Gasteiger partial charge in [0.15, 0.2) is 0 Å². The highest BCUT2D eigenvalue weighted by molar-refractivity contribution is 5.71. The third-order valence-corrected chi connectivity index (χ3v) is 5.34. The van der Waals surface area contributed by atoms with E-state index in [4.69, 9.17) is 10.5 Å². The summed E-state index contributed by atoms with van der Waals surface area (Å²) < 4.78 is 4.89. The molecule has 3 fully saturated rings. The molecule has 4 unspecified atom stereocenters. The molecular formula is C16H27NO2. The normalized spacial score (nSPS) is 36.0. The van der Waals surface area contributed by atoms with Crippen molar-refractivity contribution in [2.75, 3.05) is 6.61 Å². The fraction of sp³-hybridized carbons (Fsp3) is 0.812. The SMILES string of the molecule is CCOC(=O)C/C=C/CC1CC2CC(C1N)C2(C)C. The second-order valence-corrected chi connectivity index (χ2v) is 6.65. The van der Waals surface area contributed by atoms with Crippen molar-refractivity contribution in [1.29, 1.82) is 0 Å². The summed E-state index contributed by atoms with van der Waals surface area (Å²) in [5.74, 6) is 1.99. The van der Waals surface area contributed by atoms with Crippen LogP contribution < -0.4 is 5.73 Å². The third kappa shape index (κ3) is 2.86. The first-order valence-electron chi connectivity index (χ1n) is 7.53. The van der Waals surface area contributed by atoms with Crippen LogP contribution in [0.5, 0.6) is 0 Å². The van der Waals surface area contributed by atoms with Crippen LogP contribution in [0.4, 0.5) is 0 Å². The largest absolute Gasteiger partial charge is 0.466 e. The van der Waals surface area contributed by atoms with Gasteiger partial charge in [0.1, 0.15) is 0 Å². The molecule has 108 valence electrons. The number of carbonyl (C=O) groups excluding carboxylic acids is 1. The number of carbonyl (C=O) groups is 1. The van der Waals surface area contributed by atoms with Crippen molar-refractivity contribution < 1.29 is 9.53 Å². The zero-order valence-electron chi connectivity index (χ0n) is 12.4. The number of allylic oxidation sites excluding steroid dienone is 1. The van der Waals surface area contributed by atoms with Gasteiger partial charge in [-0.25, -0.2) is 0 Å². The van der Waals surface area contributed by atoms with E-state index in [9.17, 15) is 4.79 Å². The van der Waals surface area contributed by atoms with Crippen molar-refractivity contribution in [2.24, 2.45) is 28.9 Å². The van der Waals surface area contributed by atoms with Crippen LogP contribution in [0.3, 0.4) is 0 Å². The highest BCUT2D eigenvalue weighted by Gasteiger charge is 2.56. The molecule has 0 aromatic carbocycles. The minimum atomic E-state index is -0.143. The van der Waals surface area contributed by atoms with Gasteiger partial charge in [0.25, 0.3) is 0 Å². The Hall–Kier alpha value is -0.830. The van der Waals surface area contributed by atoms with E-state index < -0.39 is 0 Å². The molecule has 3 saturated carbocycles. The molecular weight excluding hydrogens is 238 g/mol. The lowest BCUT2D eigenvalue weighted by Crippen LogP contribution is -2.61. The van der Waals surface area contributed by atoms with Crippen molar-refractivity contribution >= 4 is 5.97 Å². The number of esters is 1. The van der Waals surface area contributed by atoms with Gasteiger partial charge in [-0.15, -0.1) is 0 Å². The summed E-state index contributed by atoms with van der Waals surface area (Å²) in [6.45, 7) is 7.01. The van der Waals surface area contributed by atoms with Crippen LogP contribution in [-0.2, 0) is 9.53 Å². The molecule has 3 heteroatoms. The Kier molecular flexibility index (Phi) is 4.34. The molecule has 3 nitrogen and oxygen atoms in total. The van der Waals surface area contributed by atoms with Crippen molar-refractivity contribution in [3.63, 3.8) is 0 Å². The Morgan fingerprint density at radius 1 is 1.37 bits per heavy atom. The van der Waals surface area contributed by atoms with Gasteiger partial charge < -0.3 is 10.5 Å². The van der Waals surface area contributed by atoms with Gasteiger partial charge in [-0.3, -0.25) is 4.79 Å². The van der Waals surface area contributed by atoms with E-state index in [1.54, 1.807) is 0 Å². The first-order chi connectivity index (χ1) is 8.96. The average Bonchev–Trinajstić information content (AvgIpc) is 2.35. The van der Waals surface area contributed by atoms with Crippen molar-refractivity contribution in [1.82, 2.24) is 0 Å². The first kappa shape index (κ1) is 14.6. The molecule has 3 aliphatic carbocycles. The van der Waals surface area contributed by atoms with Crippen molar-refractivity contribution in [2.45, 2.75) is 52.5 Å². The topological polar surface area (TPSA) is 52.3 Å². The maximum atomic E-state index is 11.2. The smallest absolute Gasteiger partial charge is 0.309 e. The van der Waals surface area contributed by atoms with E-state index in [1.807, 2.05) is 13.0 Å². The molecule has 2 bridgehead atoms. The molecule has 3 aliphatic rings. The number of ether oxygens (including phenoxy) is 1. The maximum absolute atomic E-state index is 11.2. The monoisotopic (exact) mass is 265 g/mol. The van der Waals surface area contributed by atoms with E-state index in [0.717, 1.165) is 12.3 Å². The highest BCUT2D eigenvalue weighted by Crippen LogP contribution is 2.60. The summed E-state index contributed by atoms with van der Waals surface area (Å²) in [5.41, 5.74) is 6.85. The summed E-state index contributed by atoms with van der Waals surface area (Å²) >= 11 is 0. The predicted octanol–water partition coefficient (Wildman–Crippen LogP) is 2.90. The Labute approximate surface area is 116 Å². The fourth-order valence-electron chi connectivity index (χ4n) is 3.88. The predicted molar refractivity (Wildman–Crippen MR) is 76.5 cm³/mol. The van der Waals surface area contributed by atoms with E-state index in [2.05, 4.69) is 19.9 Å². The number of hydrogen-bond acceptors (Lipinski definition) is 3. The standard InChI is InChI=1S/C16H27NO2/c1-4-19-14(18)8-6-5-7-11-9-12-10-13(15(11)17)16(12,2)3/h5-6,11-13,15H,4,7-10,17H2,1-3H3/b6-5+. The molecule has 19 heavy (non-hydrogen) atoms. The van der Waals surface area contributed by atoms with Crippen LogP contribution in [0, 0.1) is 23.2 Å². The number of fused-ring (bicyclic) bond motifs is 2. The Morgan fingerprint density at radius 2 is 2.11 bits per heavy atom. The van der Waals surface area contributed by atoms with E-state index >= 15 is 0 Å². The van der Waals surface area contributed by atoms with Crippen LogP contribution >= 0.6 is 0 Å². The lowest BCUT2D eigenvalue weighted by Gasteiger charge is -2.61. The molecule has 0 spiro atoms. The molecule has 0 aromatic rings. The van der Waals surface area contributed by atoms with Crippen LogP contribution in [0.25, 0.3) is 0 Å². The lowest BCUT2D eigenvalue weighted by atomic mass is 9.45. The van der Waals surface area contributed by atoms with Crippen molar-refractivity contribution in [3.8, 4) is 0 Å². The first-order valence-corrected chi connectivity index (χ1v) is 7.53. The summed E-state index contributed by atoms with van der Waals surface area (Å²) in [6.07, 6.45) is 7.98. The second kappa shape index (κ2) is 5.66. The minimum Gasteiger partial charge on any atom is -0.466 e. The molecule has 0 saturated heterocycles. The van der Waals surface area contributed by atoms with E-state index in [-0.39, 0.29) is 5.97 Å². The maximum Gasteiger partial charge on any atom is 0.309 e. The molecule has 0 heterocycles. The summed E-state index contributed by atoms with van der Waals surface area (Å²) in [6, 6.07) is 0.326. The van der Waals surface area contributed by atoms with Gasteiger partial charge in [-0.2, -0.15) is 0 Å². The Morgan fingerprint density at radius 3 is 2.68 bits per heavy atom. The molecule has 0 amide bonds. The molecule has 2 N–H and O–H groups in total. The van der Waals surface area contributed by atoms with Gasteiger partial charge in [-0.1, -0.05) is 26.0 Å². The summed E-state index contributed by atoms with van der Waals surface area (Å²) in [4.78, 5) is 11.2. The highest BCUT2D eigenvalue weighted by atomic mass is 16.5. The van der Waals surface area contributed by atoms with Crippen LogP contribution in [0.1, 0.15) is 46.5 Å². The Bertz CT molecular complexity index is 362. The molecule has 0 radical (unpaired) electrons. The fourth-order valence-corrected chi connectivity index (χ4v) is 3.88. The van der Waals surface area contributed by atoms with Gasteiger partial charge in [0.05, 0.1) is 13.0 Å². The molecule has 4 atom stereocenters. The van der Waals surface area contributed by atoms with Crippen molar-refractivity contribution in [3.05, 3.63) is 12.2 Å². The summed E-state index contributed by atoms with van der Waals surface area (Å²) in [7, 11) is 0. The molecule has 0 aromatic heterocycles. The van der Waals surface area contributed by atoms with Crippen LogP contribution in [0.15, 0.2) is 12.2 Å². The zero-order valence-corrected chi connectivity index (χ0v) is 12.4. The van der Waals surface area contributed by atoms with Gasteiger partial charge >= 0.3 is 5.97 Å². The molecule has 0 aliphatic heterocycles. The molecule has 3 rings (SSSR count). The zero-order chi connectivity index (χ0) is 14.0. The van der Waals surface area contributed by atoms with E-state index in [0.29, 0.717) is 36.3 Å². The number of nitrogens with two attached hydrogens (primary N) is 1. The van der Waals surface area contributed by atoms with Gasteiger partial charge in [0.2, 0.25) is 0 Å². The summed E-state index contributed by atoms with van der Waals surface area (Å²) in [5, 5.41) is 0. The quantitative estimate of drug-likeness (QED) is 0.614. The van der Waals surface area contributed by atoms with E-state index in [1.165, 1.54) is 12.8 Å². The van der Waals surface area contributed by atoms with Crippen LogP contribution in [-0.4, -0.2) is 18.6 Å². The Balaban J connectivity index is 1.76. The lowest BCUT2D eigenvalue weighted by molar-refractivity contribution is -0.142. The van der Waals surface area contributed by atoms with Gasteiger partial charge in [-0.05, 0) is 49.4 Å².